The Bertz CT molecular complexity index is 374. The molecule has 0 spiro atoms. The minimum absolute atomic E-state index is 0.126. The molecule has 1 aromatic rings. The molecule has 0 radical (unpaired) electrons. The summed E-state index contributed by atoms with van der Waals surface area (Å²) in [4.78, 5) is 2.25. The van der Waals surface area contributed by atoms with Gasteiger partial charge in [0, 0.05) is 19.6 Å². The van der Waals surface area contributed by atoms with Crippen molar-refractivity contribution in [2.75, 3.05) is 26.2 Å². The van der Waals surface area contributed by atoms with E-state index in [4.69, 9.17) is 4.74 Å². The van der Waals surface area contributed by atoms with Gasteiger partial charge in [-0.1, -0.05) is 24.3 Å². The molecular formula is C13H17NO2. The third-order valence-electron chi connectivity index (χ3n) is 3.45. The quantitative estimate of drug-likeness (QED) is 0.804. The average Bonchev–Trinajstić information content (AvgIpc) is 2.27. The highest BCUT2D eigenvalue weighted by Gasteiger charge is 2.29. The fraction of sp³-hybridized carbons (Fsp3) is 0.538. The number of rotatable bonds is 2. The maximum Gasteiger partial charge on any atom is 0.0954 e. The van der Waals surface area contributed by atoms with Crippen molar-refractivity contribution in [2.24, 2.45) is 0 Å². The third kappa shape index (κ3) is 1.86. The van der Waals surface area contributed by atoms with Crippen LogP contribution in [0.15, 0.2) is 24.3 Å². The first-order valence-corrected chi connectivity index (χ1v) is 5.93. The highest BCUT2D eigenvalue weighted by Crippen LogP contribution is 2.28. The van der Waals surface area contributed by atoms with Crippen molar-refractivity contribution >= 4 is 0 Å². The van der Waals surface area contributed by atoms with Gasteiger partial charge in [-0.05, 0) is 17.5 Å². The van der Waals surface area contributed by atoms with Crippen molar-refractivity contribution in [3.8, 4) is 0 Å². The van der Waals surface area contributed by atoms with Gasteiger partial charge in [0.05, 0.1) is 18.8 Å². The normalized spacial score (nSPS) is 26.2. The number of benzene rings is 1. The SMILES string of the molecule is OC1CN(CC2OCCc3ccccc32)C1. The molecule has 16 heavy (non-hydrogen) atoms. The molecule has 0 saturated carbocycles. The zero-order valence-electron chi connectivity index (χ0n) is 9.30. The van der Waals surface area contributed by atoms with Crippen molar-refractivity contribution in [1.29, 1.82) is 0 Å². The summed E-state index contributed by atoms with van der Waals surface area (Å²) in [7, 11) is 0. The lowest BCUT2D eigenvalue weighted by molar-refractivity contribution is -0.0461. The van der Waals surface area contributed by atoms with E-state index in [0.717, 1.165) is 32.7 Å². The van der Waals surface area contributed by atoms with Crippen LogP contribution < -0.4 is 0 Å². The molecule has 0 aliphatic carbocycles. The standard InChI is InChI=1S/C13H17NO2/c15-11-7-14(8-11)9-13-12-4-2-1-3-10(12)5-6-16-13/h1-4,11,13,15H,5-9H2. The van der Waals surface area contributed by atoms with E-state index >= 15 is 0 Å². The van der Waals surface area contributed by atoms with Gasteiger partial charge in [-0.25, -0.2) is 0 Å². The Morgan fingerprint density at radius 3 is 2.94 bits per heavy atom. The summed E-state index contributed by atoms with van der Waals surface area (Å²) in [5, 5.41) is 9.26. The maximum atomic E-state index is 9.26. The number of aliphatic hydroxyl groups excluding tert-OH is 1. The van der Waals surface area contributed by atoms with Crippen LogP contribution in [0.2, 0.25) is 0 Å². The van der Waals surface area contributed by atoms with Gasteiger partial charge in [-0.3, -0.25) is 4.90 Å². The van der Waals surface area contributed by atoms with Gasteiger partial charge in [-0.15, -0.1) is 0 Å². The van der Waals surface area contributed by atoms with Crippen molar-refractivity contribution in [3.05, 3.63) is 35.4 Å². The van der Waals surface area contributed by atoms with Crippen LogP contribution in [0.3, 0.4) is 0 Å². The number of hydrogen-bond acceptors (Lipinski definition) is 3. The van der Waals surface area contributed by atoms with Gasteiger partial charge in [-0.2, -0.15) is 0 Å². The molecule has 3 heteroatoms. The number of β-amino-alcohol motifs (C(OH)–C–C–N with tert-alkyl or cyclic N) is 1. The van der Waals surface area contributed by atoms with Crippen LogP contribution in [0.25, 0.3) is 0 Å². The smallest absolute Gasteiger partial charge is 0.0954 e. The van der Waals surface area contributed by atoms with E-state index in [1.807, 2.05) is 0 Å². The molecule has 86 valence electrons. The largest absolute Gasteiger partial charge is 0.390 e. The first-order valence-electron chi connectivity index (χ1n) is 5.93. The molecule has 2 aliphatic heterocycles. The number of likely N-dealkylation sites (tertiary alicyclic amines) is 1. The van der Waals surface area contributed by atoms with Gasteiger partial charge in [0.2, 0.25) is 0 Å². The molecule has 3 nitrogen and oxygen atoms in total. The molecule has 0 aromatic heterocycles. The summed E-state index contributed by atoms with van der Waals surface area (Å²) in [5.41, 5.74) is 2.75. The topological polar surface area (TPSA) is 32.7 Å². The summed E-state index contributed by atoms with van der Waals surface area (Å²) in [6, 6.07) is 8.52. The van der Waals surface area contributed by atoms with Crippen molar-refractivity contribution in [3.63, 3.8) is 0 Å². The Kier molecular flexibility index (Phi) is 2.67. The van der Waals surface area contributed by atoms with E-state index < -0.39 is 0 Å². The zero-order chi connectivity index (χ0) is 11.0. The van der Waals surface area contributed by atoms with Crippen LogP contribution in [0.5, 0.6) is 0 Å². The van der Waals surface area contributed by atoms with Crippen LogP contribution in [0, 0.1) is 0 Å². The minimum Gasteiger partial charge on any atom is -0.390 e. The number of ether oxygens (including phenoxy) is 1. The van der Waals surface area contributed by atoms with Gasteiger partial charge in [0.15, 0.2) is 0 Å². The lowest BCUT2D eigenvalue weighted by Crippen LogP contribution is -2.52. The van der Waals surface area contributed by atoms with Gasteiger partial charge in [0.1, 0.15) is 0 Å². The van der Waals surface area contributed by atoms with Crippen LogP contribution >= 0.6 is 0 Å². The summed E-state index contributed by atoms with van der Waals surface area (Å²) in [6.45, 7) is 3.32. The van der Waals surface area contributed by atoms with Crippen LogP contribution in [0.4, 0.5) is 0 Å². The van der Waals surface area contributed by atoms with E-state index in [-0.39, 0.29) is 12.2 Å². The third-order valence-corrected chi connectivity index (χ3v) is 3.45. The fourth-order valence-electron chi connectivity index (χ4n) is 2.55. The van der Waals surface area contributed by atoms with Crippen LogP contribution in [-0.4, -0.2) is 42.4 Å². The molecule has 1 fully saturated rings. The van der Waals surface area contributed by atoms with Gasteiger partial charge in [0.25, 0.3) is 0 Å². The molecule has 0 amide bonds. The molecule has 2 aliphatic rings. The monoisotopic (exact) mass is 219 g/mol. The molecule has 2 heterocycles. The van der Waals surface area contributed by atoms with Gasteiger partial charge < -0.3 is 9.84 Å². The predicted molar refractivity (Wildman–Crippen MR) is 61.3 cm³/mol. The number of aliphatic hydroxyl groups is 1. The van der Waals surface area contributed by atoms with E-state index in [0.29, 0.717) is 0 Å². The second-order valence-corrected chi connectivity index (χ2v) is 4.68. The number of hydrogen-bond donors (Lipinski definition) is 1. The summed E-state index contributed by atoms with van der Waals surface area (Å²) in [5.74, 6) is 0. The summed E-state index contributed by atoms with van der Waals surface area (Å²) in [6.07, 6.45) is 1.09. The van der Waals surface area contributed by atoms with Crippen molar-refractivity contribution in [2.45, 2.75) is 18.6 Å². The highest BCUT2D eigenvalue weighted by atomic mass is 16.5. The van der Waals surface area contributed by atoms with Crippen molar-refractivity contribution < 1.29 is 9.84 Å². The Hall–Kier alpha value is -0.900. The average molecular weight is 219 g/mol. The van der Waals surface area contributed by atoms with E-state index in [9.17, 15) is 5.11 Å². The molecule has 3 rings (SSSR count). The zero-order valence-corrected chi connectivity index (χ0v) is 9.30. The number of fused-ring (bicyclic) bond motifs is 1. The Labute approximate surface area is 95.6 Å². The maximum absolute atomic E-state index is 9.26. The molecule has 1 N–H and O–H groups in total. The van der Waals surface area contributed by atoms with Gasteiger partial charge >= 0.3 is 0 Å². The molecule has 0 bridgehead atoms. The minimum atomic E-state index is -0.126. The van der Waals surface area contributed by atoms with E-state index in [1.54, 1.807) is 0 Å². The Balaban J connectivity index is 1.72. The van der Waals surface area contributed by atoms with E-state index in [2.05, 4.69) is 29.2 Å². The Morgan fingerprint density at radius 1 is 1.31 bits per heavy atom. The predicted octanol–water partition coefficient (Wildman–Crippen LogP) is 0.977. The van der Waals surface area contributed by atoms with Crippen molar-refractivity contribution in [1.82, 2.24) is 4.90 Å². The molecule has 1 atom stereocenters. The second kappa shape index (κ2) is 4.17. The van der Waals surface area contributed by atoms with Crippen LogP contribution in [-0.2, 0) is 11.2 Å². The van der Waals surface area contributed by atoms with E-state index in [1.165, 1.54) is 11.1 Å². The number of nitrogens with zero attached hydrogens (tertiary/aromatic N) is 1. The first kappa shape index (κ1) is 10.3. The first-order chi connectivity index (χ1) is 7.83. The summed E-state index contributed by atoms with van der Waals surface area (Å²) < 4.78 is 5.82. The van der Waals surface area contributed by atoms with Crippen LogP contribution in [0.1, 0.15) is 17.2 Å². The lowest BCUT2D eigenvalue weighted by atomic mass is 9.96. The fourth-order valence-corrected chi connectivity index (χ4v) is 2.55. The molecular weight excluding hydrogens is 202 g/mol. The second-order valence-electron chi connectivity index (χ2n) is 4.68. The lowest BCUT2D eigenvalue weighted by Gasteiger charge is -2.39. The molecule has 1 unspecified atom stereocenters. The highest BCUT2D eigenvalue weighted by molar-refractivity contribution is 5.31. The Morgan fingerprint density at radius 2 is 2.12 bits per heavy atom. The molecule has 1 aromatic carbocycles. The molecule has 1 saturated heterocycles. The summed E-state index contributed by atoms with van der Waals surface area (Å²) >= 11 is 0.